The summed E-state index contributed by atoms with van der Waals surface area (Å²) < 4.78 is 5.36. The van der Waals surface area contributed by atoms with Gasteiger partial charge in [-0.05, 0) is 53.3 Å². The van der Waals surface area contributed by atoms with Crippen LogP contribution in [0.2, 0.25) is 0 Å². The molecule has 0 aliphatic heterocycles. The molecule has 3 aromatic rings. The van der Waals surface area contributed by atoms with Gasteiger partial charge in [-0.2, -0.15) is 0 Å². The molecule has 1 saturated carbocycles. The van der Waals surface area contributed by atoms with Crippen LogP contribution in [0.5, 0.6) is 0 Å². The van der Waals surface area contributed by atoms with Crippen molar-refractivity contribution in [2.45, 2.75) is 25.8 Å². The lowest BCUT2D eigenvalue weighted by atomic mass is 9.97. The van der Waals surface area contributed by atoms with Crippen LogP contribution in [-0.4, -0.2) is 24.5 Å². The number of hydrogen-bond donors (Lipinski definition) is 1. The van der Waals surface area contributed by atoms with Crippen molar-refractivity contribution < 1.29 is 14.3 Å². The standard InChI is InChI=1S/C22H21NO3/c1-14(15-10-11-15)23-20(24)13-26-22(25)21-18-8-4-2-6-16(18)12-17-7-3-5-9-19(17)21/h2-9,12,14-15H,10-11,13H2,1H3,(H,23,24)/t14-/m0/s1. The van der Waals surface area contributed by atoms with Crippen molar-refractivity contribution in [3.05, 3.63) is 60.2 Å². The third-order valence-corrected chi connectivity index (χ3v) is 5.03. The third kappa shape index (κ3) is 3.27. The SMILES string of the molecule is C[C@H](NC(=O)COC(=O)c1c2ccccc2cc2ccccc12)C1CC1. The van der Waals surface area contributed by atoms with Crippen molar-refractivity contribution in [2.24, 2.45) is 5.92 Å². The summed E-state index contributed by atoms with van der Waals surface area (Å²) in [5.41, 5.74) is 0.516. The zero-order chi connectivity index (χ0) is 18.1. The largest absolute Gasteiger partial charge is 0.452 e. The van der Waals surface area contributed by atoms with Crippen LogP contribution in [0.3, 0.4) is 0 Å². The van der Waals surface area contributed by atoms with Gasteiger partial charge in [0.1, 0.15) is 0 Å². The first-order valence-electron chi connectivity index (χ1n) is 9.00. The number of benzene rings is 3. The Balaban J connectivity index is 1.59. The number of ether oxygens (including phenoxy) is 1. The van der Waals surface area contributed by atoms with E-state index in [0.29, 0.717) is 11.5 Å². The fraction of sp³-hybridized carbons (Fsp3) is 0.273. The molecule has 1 fully saturated rings. The summed E-state index contributed by atoms with van der Waals surface area (Å²) in [5, 5.41) is 6.53. The van der Waals surface area contributed by atoms with Gasteiger partial charge >= 0.3 is 5.97 Å². The topological polar surface area (TPSA) is 55.4 Å². The quantitative estimate of drug-likeness (QED) is 0.559. The number of carbonyl (C=O) groups excluding carboxylic acids is 2. The summed E-state index contributed by atoms with van der Waals surface area (Å²) in [6.45, 7) is 1.74. The van der Waals surface area contributed by atoms with Crippen LogP contribution in [0, 0.1) is 5.92 Å². The Hall–Kier alpha value is -2.88. The lowest BCUT2D eigenvalue weighted by Gasteiger charge is -2.14. The van der Waals surface area contributed by atoms with E-state index in [2.05, 4.69) is 11.4 Å². The molecule has 4 heteroatoms. The van der Waals surface area contributed by atoms with E-state index >= 15 is 0 Å². The highest BCUT2D eigenvalue weighted by Crippen LogP contribution is 2.32. The molecule has 0 bridgehead atoms. The second-order valence-corrected chi connectivity index (χ2v) is 6.96. The third-order valence-electron chi connectivity index (χ3n) is 5.03. The second kappa shape index (κ2) is 6.79. The number of nitrogens with one attached hydrogen (secondary N) is 1. The molecule has 26 heavy (non-hydrogen) atoms. The first kappa shape index (κ1) is 16.6. The van der Waals surface area contributed by atoms with E-state index in [1.807, 2.05) is 55.5 Å². The van der Waals surface area contributed by atoms with Crippen molar-refractivity contribution in [3.8, 4) is 0 Å². The fourth-order valence-electron chi connectivity index (χ4n) is 3.45. The predicted molar refractivity (Wildman–Crippen MR) is 102 cm³/mol. The van der Waals surface area contributed by atoms with E-state index in [1.54, 1.807) is 0 Å². The Kier molecular flexibility index (Phi) is 4.33. The summed E-state index contributed by atoms with van der Waals surface area (Å²) in [6, 6.07) is 17.7. The van der Waals surface area contributed by atoms with Crippen molar-refractivity contribution in [1.29, 1.82) is 0 Å². The normalized spacial score (nSPS) is 15.0. The van der Waals surface area contributed by atoms with Crippen LogP contribution in [0.25, 0.3) is 21.5 Å². The van der Waals surface area contributed by atoms with Gasteiger partial charge in [0.2, 0.25) is 0 Å². The predicted octanol–water partition coefficient (Wildman–Crippen LogP) is 4.06. The highest BCUT2D eigenvalue weighted by atomic mass is 16.5. The molecule has 0 heterocycles. The van der Waals surface area contributed by atoms with Crippen LogP contribution >= 0.6 is 0 Å². The van der Waals surface area contributed by atoms with Crippen LogP contribution < -0.4 is 5.32 Å². The molecule has 3 aromatic carbocycles. The molecule has 4 nitrogen and oxygen atoms in total. The molecule has 1 aliphatic carbocycles. The Morgan fingerprint density at radius 1 is 1.04 bits per heavy atom. The number of amides is 1. The molecular weight excluding hydrogens is 326 g/mol. The second-order valence-electron chi connectivity index (χ2n) is 6.96. The zero-order valence-electron chi connectivity index (χ0n) is 14.7. The molecule has 0 aromatic heterocycles. The van der Waals surface area contributed by atoms with Gasteiger partial charge in [0.25, 0.3) is 5.91 Å². The number of carbonyl (C=O) groups is 2. The summed E-state index contributed by atoms with van der Waals surface area (Å²) in [5.74, 6) is -0.147. The molecule has 132 valence electrons. The Morgan fingerprint density at radius 2 is 1.62 bits per heavy atom. The van der Waals surface area contributed by atoms with E-state index < -0.39 is 5.97 Å². The molecule has 1 amide bonds. The average Bonchev–Trinajstić information content (AvgIpc) is 3.49. The fourth-order valence-corrected chi connectivity index (χ4v) is 3.45. The van der Waals surface area contributed by atoms with E-state index in [4.69, 9.17) is 4.74 Å². The molecule has 1 aliphatic rings. The lowest BCUT2D eigenvalue weighted by molar-refractivity contribution is -0.124. The minimum atomic E-state index is -0.466. The number of fused-ring (bicyclic) bond motifs is 2. The Bertz CT molecular complexity index is 937. The maximum absolute atomic E-state index is 12.8. The monoisotopic (exact) mass is 347 g/mol. The Labute approximate surface area is 152 Å². The van der Waals surface area contributed by atoms with Gasteiger partial charge in [0.15, 0.2) is 6.61 Å². The van der Waals surface area contributed by atoms with Gasteiger partial charge in [0, 0.05) is 6.04 Å². The molecule has 1 atom stereocenters. The zero-order valence-corrected chi connectivity index (χ0v) is 14.7. The van der Waals surface area contributed by atoms with Crippen LogP contribution in [0.1, 0.15) is 30.1 Å². The van der Waals surface area contributed by atoms with Gasteiger partial charge in [-0.3, -0.25) is 4.79 Å². The van der Waals surface area contributed by atoms with Gasteiger partial charge in [-0.1, -0.05) is 48.5 Å². The van der Waals surface area contributed by atoms with Gasteiger partial charge in [-0.25, -0.2) is 4.79 Å². The summed E-state index contributed by atoms with van der Waals surface area (Å²) in [7, 11) is 0. The van der Waals surface area contributed by atoms with E-state index in [-0.39, 0.29) is 18.6 Å². The lowest BCUT2D eigenvalue weighted by Crippen LogP contribution is -2.37. The summed E-state index contributed by atoms with van der Waals surface area (Å²) in [4.78, 5) is 24.9. The first-order valence-corrected chi connectivity index (χ1v) is 9.00. The van der Waals surface area contributed by atoms with Crippen molar-refractivity contribution in [2.75, 3.05) is 6.61 Å². The molecule has 4 rings (SSSR count). The number of hydrogen-bond acceptors (Lipinski definition) is 3. The van der Waals surface area contributed by atoms with E-state index in [9.17, 15) is 9.59 Å². The van der Waals surface area contributed by atoms with E-state index in [1.165, 1.54) is 0 Å². The molecular formula is C22H21NO3. The maximum atomic E-state index is 12.8. The van der Waals surface area contributed by atoms with Crippen molar-refractivity contribution in [3.63, 3.8) is 0 Å². The molecule has 1 N–H and O–H groups in total. The molecule has 0 unspecified atom stereocenters. The minimum absolute atomic E-state index is 0.139. The maximum Gasteiger partial charge on any atom is 0.339 e. The smallest absolute Gasteiger partial charge is 0.339 e. The highest BCUT2D eigenvalue weighted by Gasteiger charge is 2.29. The van der Waals surface area contributed by atoms with Gasteiger partial charge < -0.3 is 10.1 Å². The molecule has 0 saturated heterocycles. The average molecular weight is 347 g/mol. The van der Waals surface area contributed by atoms with Crippen LogP contribution in [0.15, 0.2) is 54.6 Å². The number of esters is 1. The minimum Gasteiger partial charge on any atom is -0.452 e. The Morgan fingerprint density at radius 3 is 2.19 bits per heavy atom. The summed E-state index contributed by atoms with van der Waals surface area (Å²) in [6.07, 6.45) is 2.31. The van der Waals surface area contributed by atoms with E-state index in [0.717, 1.165) is 34.4 Å². The highest BCUT2D eigenvalue weighted by molar-refractivity contribution is 6.16. The van der Waals surface area contributed by atoms with Gasteiger partial charge in [0.05, 0.1) is 5.56 Å². The van der Waals surface area contributed by atoms with Crippen molar-refractivity contribution in [1.82, 2.24) is 5.32 Å². The van der Waals surface area contributed by atoms with Gasteiger partial charge in [-0.15, -0.1) is 0 Å². The molecule has 0 radical (unpaired) electrons. The van der Waals surface area contributed by atoms with Crippen LogP contribution in [0.4, 0.5) is 0 Å². The van der Waals surface area contributed by atoms with Crippen LogP contribution in [-0.2, 0) is 9.53 Å². The number of rotatable bonds is 5. The summed E-state index contributed by atoms with van der Waals surface area (Å²) >= 11 is 0. The van der Waals surface area contributed by atoms with Crippen molar-refractivity contribution >= 4 is 33.4 Å². The molecule has 0 spiro atoms. The first-order chi connectivity index (χ1) is 12.6.